The summed E-state index contributed by atoms with van der Waals surface area (Å²) in [5.41, 5.74) is 3.57. The number of aryl methyl sites for hydroxylation is 1. The largest absolute Gasteiger partial charge is 0.326 e. The second kappa shape index (κ2) is 8.97. The van der Waals surface area contributed by atoms with Crippen molar-refractivity contribution in [2.75, 3.05) is 5.75 Å². The second-order valence-electron chi connectivity index (χ2n) is 6.59. The Labute approximate surface area is 187 Å². The molecule has 0 bridgehead atoms. The molecule has 30 heavy (non-hydrogen) atoms. The van der Waals surface area contributed by atoms with E-state index in [4.69, 9.17) is 23.2 Å². The fourth-order valence-corrected chi connectivity index (χ4v) is 4.61. The lowest BCUT2D eigenvalue weighted by atomic mass is 10.1. The molecule has 0 spiro atoms. The summed E-state index contributed by atoms with van der Waals surface area (Å²) in [6.45, 7) is 0.584. The van der Waals surface area contributed by atoms with Crippen molar-refractivity contribution in [3.63, 3.8) is 0 Å². The molecule has 1 N–H and O–H groups in total. The third-order valence-corrected chi connectivity index (χ3v) is 6.26. The standard InChI is InChI=1S/C22H16Cl2N4OS/c23-15-7-8-16(17(24)12-15)18-9-6-14(13-25)21(26-18)30-11-3-10-28-20-5-2-1-4-19(20)27-22(28)29/h1-2,4-9,12H,3,10-11H2,(H,27,29). The minimum absolute atomic E-state index is 0.114. The first-order valence-electron chi connectivity index (χ1n) is 9.24. The van der Waals surface area contributed by atoms with Crippen LogP contribution in [0.1, 0.15) is 12.0 Å². The number of thioether (sulfide) groups is 1. The number of nitriles is 1. The molecule has 2 aromatic heterocycles. The van der Waals surface area contributed by atoms with Gasteiger partial charge in [0, 0.05) is 22.9 Å². The van der Waals surface area contributed by atoms with Crippen LogP contribution in [0.4, 0.5) is 0 Å². The van der Waals surface area contributed by atoms with Gasteiger partial charge < -0.3 is 4.98 Å². The first-order valence-corrected chi connectivity index (χ1v) is 11.0. The van der Waals surface area contributed by atoms with Gasteiger partial charge in [-0.3, -0.25) is 4.57 Å². The van der Waals surface area contributed by atoms with Gasteiger partial charge in [-0.15, -0.1) is 11.8 Å². The predicted molar refractivity (Wildman–Crippen MR) is 122 cm³/mol. The molecule has 0 fully saturated rings. The van der Waals surface area contributed by atoms with Gasteiger partial charge in [0.05, 0.1) is 27.3 Å². The van der Waals surface area contributed by atoms with Crippen LogP contribution in [0.2, 0.25) is 10.0 Å². The summed E-state index contributed by atoms with van der Waals surface area (Å²) in [6.07, 6.45) is 0.755. The fourth-order valence-electron chi connectivity index (χ4n) is 3.20. The van der Waals surface area contributed by atoms with Crippen LogP contribution in [0.3, 0.4) is 0 Å². The van der Waals surface area contributed by atoms with Gasteiger partial charge in [0.25, 0.3) is 0 Å². The molecule has 0 aliphatic carbocycles. The summed E-state index contributed by atoms with van der Waals surface area (Å²) in [4.78, 5) is 19.7. The Morgan fingerprint density at radius 2 is 1.97 bits per heavy atom. The van der Waals surface area contributed by atoms with Gasteiger partial charge in [0.15, 0.2) is 0 Å². The first-order chi connectivity index (χ1) is 14.6. The molecule has 0 atom stereocenters. The Balaban J connectivity index is 1.49. The van der Waals surface area contributed by atoms with E-state index in [1.165, 1.54) is 11.8 Å². The number of hydrogen-bond donors (Lipinski definition) is 1. The van der Waals surface area contributed by atoms with Gasteiger partial charge in [0.2, 0.25) is 0 Å². The Bertz CT molecular complexity index is 1320. The smallest absolute Gasteiger partial charge is 0.306 e. The number of aromatic amines is 1. The molecular formula is C22H16Cl2N4OS. The molecule has 5 nitrogen and oxygen atoms in total. The number of nitrogens with one attached hydrogen (secondary N) is 1. The van der Waals surface area contributed by atoms with E-state index in [2.05, 4.69) is 16.0 Å². The molecule has 0 saturated carbocycles. The Morgan fingerprint density at radius 3 is 2.77 bits per heavy atom. The van der Waals surface area contributed by atoms with Crippen molar-refractivity contribution in [1.82, 2.24) is 14.5 Å². The molecule has 2 heterocycles. The lowest BCUT2D eigenvalue weighted by Crippen LogP contribution is -2.17. The summed E-state index contributed by atoms with van der Waals surface area (Å²) < 4.78 is 1.73. The third kappa shape index (κ3) is 4.24. The zero-order valence-corrected chi connectivity index (χ0v) is 18.1. The number of nitrogens with zero attached hydrogens (tertiary/aromatic N) is 3. The summed E-state index contributed by atoms with van der Waals surface area (Å²) >= 11 is 13.8. The molecule has 4 aromatic rings. The van der Waals surface area contributed by atoms with Crippen molar-refractivity contribution in [2.24, 2.45) is 0 Å². The minimum atomic E-state index is -0.114. The number of halogens is 2. The van der Waals surface area contributed by atoms with E-state index in [0.717, 1.165) is 23.0 Å². The van der Waals surface area contributed by atoms with Crippen LogP contribution < -0.4 is 5.69 Å². The minimum Gasteiger partial charge on any atom is -0.306 e. The second-order valence-corrected chi connectivity index (χ2v) is 8.51. The molecule has 150 valence electrons. The van der Waals surface area contributed by atoms with Gasteiger partial charge in [0.1, 0.15) is 11.1 Å². The van der Waals surface area contributed by atoms with Crippen LogP contribution in [0.25, 0.3) is 22.3 Å². The van der Waals surface area contributed by atoms with Gasteiger partial charge in [-0.2, -0.15) is 5.26 Å². The molecule has 0 radical (unpaired) electrons. The van der Waals surface area contributed by atoms with Crippen LogP contribution in [-0.4, -0.2) is 20.3 Å². The van der Waals surface area contributed by atoms with Crippen molar-refractivity contribution in [2.45, 2.75) is 18.0 Å². The van der Waals surface area contributed by atoms with Gasteiger partial charge >= 0.3 is 5.69 Å². The van der Waals surface area contributed by atoms with Crippen molar-refractivity contribution < 1.29 is 0 Å². The zero-order valence-electron chi connectivity index (χ0n) is 15.7. The SMILES string of the molecule is N#Cc1ccc(-c2ccc(Cl)cc2Cl)nc1SCCCn1c(=O)[nH]c2ccccc21. The number of rotatable bonds is 6. The number of aromatic nitrogens is 3. The molecule has 0 aliphatic rings. The first kappa shape index (κ1) is 20.5. The molecule has 0 saturated heterocycles. The average molecular weight is 455 g/mol. The topological polar surface area (TPSA) is 74.5 Å². The molecule has 2 aromatic carbocycles. The highest BCUT2D eigenvalue weighted by atomic mass is 35.5. The van der Waals surface area contributed by atoms with Gasteiger partial charge in [-0.25, -0.2) is 9.78 Å². The van der Waals surface area contributed by atoms with Crippen LogP contribution in [0.5, 0.6) is 0 Å². The Kier molecular flexibility index (Phi) is 6.14. The summed E-state index contributed by atoms with van der Waals surface area (Å²) in [7, 11) is 0. The molecular weight excluding hydrogens is 439 g/mol. The van der Waals surface area contributed by atoms with E-state index in [1.54, 1.807) is 28.8 Å². The highest BCUT2D eigenvalue weighted by Crippen LogP contribution is 2.31. The fraction of sp³-hybridized carbons (Fsp3) is 0.136. The maximum absolute atomic E-state index is 12.2. The van der Waals surface area contributed by atoms with Gasteiger partial charge in [-0.05, 0) is 48.9 Å². The monoisotopic (exact) mass is 454 g/mol. The van der Waals surface area contributed by atoms with E-state index in [9.17, 15) is 10.1 Å². The maximum atomic E-state index is 12.2. The highest BCUT2D eigenvalue weighted by Gasteiger charge is 2.11. The van der Waals surface area contributed by atoms with Crippen molar-refractivity contribution in [3.05, 3.63) is 80.7 Å². The number of fused-ring (bicyclic) bond motifs is 1. The molecule has 8 heteroatoms. The molecule has 0 unspecified atom stereocenters. The van der Waals surface area contributed by atoms with Crippen LogP contribution >= 0.6 is 35.0 Å². The number of hydrogen-bond acceptors (Lipinski definition) is 4. The van der Waals surface area contributed by atoms with E-state index >= 15 is 0 Å². The van der Waals surface area contributed by atoms with Crippen molar-refractivity contribution >= 4 is 46.0 Å². The summed E-state index contributed by atoms with van der Waals surface area (Å²) in [6, 6.07) is 18.6. The average Bonchev–Trinajstić information content (AvgIpc) is 3.06. The number of pyridine rings is 1. The lowest BCUT2D eigenvalue weighted by molar-refractivity contribution is 0.679. The molecule has 0 aliphatic heterocycles. The highest BCUT2D eigenvalue weighted by molar-refractivity contribution is 7.99. The number of benzene rings is 2. The van der Waals surface area contributed by atoms with Crippen molar-refractivity contribution in [1.29, 1.82) is 5.26 Å². The Hall–Kier alpha value is -2.72. The normalized spacial score (nSPS) is 11.0. The predicted octanol–water partition coefficient (Wildman–Crippen LogP) is 5.75. The number of H-pyrrole nitrogens is 1. The van der Waals surface area contributed by atoms with Crippen molar-refractivity contribution in [3.8, 4) is 17.3 Å². The van der Waals surface area contributed by atoms with E-state index in [-0.39, 0.29) is 5.69 Å². The van der Waals surface area contributed by atoms with E-state index < -0.39 is 0 Å². The van der Waals surface area contributed by atoms with Gasteiger partial charge in [-0.1, -0.05) is 35.3 Å². The number of imidazole rings is 1. The van der Waals surface area contributed by atoms with E-state index in [0.29, 0.717) is 38.6 Å². The zero-order chi connectivity index (χ0) is 21.1. The lowest BCUT2D eigenvalue weighted by Gasteiger charge is -2.09. The summed E-state index contributed by atoms with van der Waals surface area (Å²) in [5.74, 6) is 0.714. The molecule has 0 amide bonds. The third-order valence-electron chi connectivity index (χ3n) is 4.63. The van der Waals surface area contributed by atoms with E-state index in [1.807, 2.05) is 30.3 Å². The quantitative estimate of drug-likeness (QED) is 0.297. The maximum Gasteiger partial charge on any atom is 0.326 e. The molecule has 4 rings (SSSR count). The number of para-hydroxylation sites is 2. The van der Waals surface area contributed by atoms with Crippen LogP contribution in [0.15, 0.2) is 64.4 Å². The van der Waals surface area contributed by atoms with Crippen LogP contribution in [0, 0.1) is 11.3 Å². The summed E-state index contributed by atoms with van der Waals surface area (Å²) in [5, 5.41) is 11.1. The Morgan fingerprint density at radius 1 is 1.13 bits per heavy atom. The van der Waals surface area contributed by atoms with Crippen LogP contribution in [-0.2, 0) is 6.54 Å².